The zero-order valence-corrected chi connectivity index (χ0v) is 17.2. The molecule has 2 amide bonds. The molecule has 0 spiro atoms. The first-order valence-electron chi connectivity index (χ1n) is 11.0. The topological polar surface area (TPSA) is 80.8 Å². The van der Waals surface area contributed by atoms with Crippen molar-refractivity contribution in [1.82, 2.24) is 0 Å². The molecule has 7 rings (SSSR count). The summed E-state index contributed by atoms with van der Waals surface area (Å²) in [4.78, 5) is 52.5. The lowest BCUT2D eigenvalue weighted by molar-refractivity contribution is -0.124. The maximum Gasteiger partial charge on any atom is 0.338 e. The highest BCUT2D eigenvalue weighted by Gasteiger charge is 2.67. The molecule has 2 saturated carbocycles. The fraction of sp³-hybridized carbons (Fsp3) is 0.308. The standard InChI is InChI=1S/C26H21NO5/c28-21(14-5-2-1-3-6-14)13-32-26(31)15-7-4-8-16(11-15)27-24(29)22-17-9-10-18(20-12-19(17)20)23(22)25(27)30/h1-11,17-20,22-23H,12-13H2/t17-,18-,19-,20+,22+,23+/m0/s1. The number of allylic oxidation sites excluding steroid dienone is 2. The number of Topliss-reactive ketones (excluding diaryl/α,β-unsaturated/α-hetero) is 1. The minimum atomic E-state index is -0.671. The third-order valence-electron chi connectivity index (χ3n) is 7.43. The smallest absolute Gasteiger partial charge is 0.338 e. The van der Waals surface area contributed by atoms with Crippen LogP contribution in [0, 0.1) is 35.5 Å². The lowest BCUT2D eigenvalue weighted by Crippen LogP contribution is -2.40. The molecular weight excluding hydrogens is 406 g/mol. The van der Waals surface area contributed by atoms with Crippen LogP contribution in [0.3, 0.4) is 0 Å². The summed E-state index contributed by atoms with van der Waals surface area (Å²) in [6.45, 7) is -0.378. The average molecular weight is 427 g/mol. The summed E-state index contributed by atoms with van der Waals surface area (Å²) < 4.78 is 5.19. The van der Waals surface area contributed by atoms with Gasteiger partial charge in [-0.15, -0.1) is 0 Å². The van der Waals surface area contributed by atoms with Crippen LogP contribution >= 0.6 is 0 Å². The van der Waals surface area contributed by atoms with Crippen LogP contribution in [0.4, 0.5) is 5.69 Å². The maximum atomic E-state index is 13.3. The number of esters is 1. The number of hydrogen-bond donors (Lipinski definition) is 0. The average Bonchev–Trinajstić information content (AvgIpc) is 3.61. The number of anilines is 1. The molecule has 5 aliphatic rings. The molecule has 0 N–H and O–H groups in total. The molecule has 160 valence electrons. The van der Waals surface area contributed by atoms with Crippen molar-refractivity contribution in [3.8, 4) is 0 Å². The summed E-state index contributed by atoms with van der Waals surface area (Å²) in [7, 11) is 0. The zero-order chi connectivity index (χ0) is 22.0. The van der Waals surface area contributed by atoms with Crippen LogP contribution in [-0.2, 0) is 14.3 Å². The van der Waals surface area contributed by atoms with Crippen LogP contribution in [0.1, 0.15) is 27.1 Å². The number of nitrogens with zero attached hydrogens (tertiary/aromatic N) is 1. The third-order valence-corrected chi connectivity index (χ3v) is 7.43. The van der Waals surface area contributed by atoms with E-state index in [1.54, 1.807) is 48.5 Å². The molecule has 0 unspecified atom stereocenters. The van der Waals surface area contributed by atoms with Gasteiger partial charge in [-0.3, -0.25) is 14.4 Å². The lowest BCUT2D eigenvalue weighted by atomic mass is 9.63. The predicted octanol–water partition coefficient (Wildman–Crippen LogP) is 3.28. The SMILES string of the molecule is O=C(COC(=O)c1cccc(N2C(=O)[C@@H]3[C@H]4C=C[C@@H]([C@@H]5C[C@H]45)[C@H]3C2=O)c1)c1ccccc1. The first kappa shape index (κ1) is 19.2. The molecule has 1 saturated heterocycles. The Hall–Kier alpha value is -3.54. The zero-order valence-electron chi connectivity index (χ0n) is 17.2. The van der Waals surface area contributed by atoms with Gasteiger partial charge in [0.05, 0.1) is 23.1 Å². The Labute approximate surface area is 184 Å². The molecule has 1 aliphatic heterocycles. The maximum absolute atomic E-state index is 13.3. The third kappa shape index (κ3) is 2.79. The summed E-state index contributed by atoms with van der Waals surface area (Å²) in [5.41, 5.74) is 1.04. The van der Waals surface area contributed by atoms with Crippen LogP contribution in [0.2, 0.25) is 0 Å². The van der Waals surface area contributed by atoms with Gasteiger partial charge in [0.25, 0.3) is 0 Å². The van der Waals surface area contributed by atoms with Crippen molar-refractivity contribution >= 4 is 29.3 Å². The Balaban J connectivity index is 1.20. The van der Waals surface area contributed by atoms with E-state index in [9.17, 15) is 19.2 Å². The van der Waals surface area contributed by atoms with Crippen molar-refractivity contribution < 1.29 is 23.9 Å². The largest absolute Gasteiger partial charge is 0.454 e. The minimum Gasteiger partial charge on any atom is -0.454 e. The number of hydrogen-bond acceptors (Lipinski definition) is 5. The summed E-state index contributed by atoms with van der Waals surface area (Å²) >= 11 is 0. The van der Waals surface area contributed by atoms with E-state index in [1.165, 1.54) is 11.0 Å². The lowest BCUT2D eigenvalue weighted by Gasteiger charge is -2.37. The van der Waals surface area contributed by atoms with E-state index in [2.05, 4.69) is 12.2 Å². The van der Waals surface area contributed by atoms with E-state index >= 15 is 0 Å². The van der Waals surface area contributed by atoms with Gasteiger partial charge in [0.15, 0.2) is 12.4 Å². The molecule has 2 bridgehead atoms. The Morgan fingerprint density at radius 3 is 2.12 bits per heavy atom. The number of amides is 2. The molecule has 2 aromatic carbocycles. The Morgan fingerprint density at radius 2 is 1.47 bits per heavy atom. The summed E-state index contributed by atoms with van der Waals surface area (Å²) in [5.74, 6) is -0.536. The molecule has 2 aromatic rings. The van der Waals surface area contributed by atoms with Gasteiger partial charge in [0.1, 0.15) is 0 Å². The van der Waals surface area contributed by atoms with Gasteiger partial charge in [-0.05, 0) is 48.3 Å². The van der Waals surface area contributed by atoms with Crippen LogP contribution in [0.25, 0.3) is 0 Å². The summed E-state index contributed by atoms with van der Waals surface area (Å²) in [6.07, 6.45) is 5.37. The second-order valence-electron chi connectivity index (χ2n) is 9.08. The van der Waals surface area contributed by atoms with Gasteiger partial charge in [0.2, 0.25) is 11.8 Å². The van der Waals surface area contributed by atoms with Crippen LogP contribution in [0.15, 0.2) is 66.7 Å². The number of benzene rings is 2. The number of imide groups is 1. The van der Waals surface area contributed by atoms with Crippen LogP contribution in [-0.4, -0.2) is 30.2 Å². The molecule has 6 heteroatoms. The van der Waals surface area contributed by atoms with E-state index < -0.39 is 5.97 Å². The predicted molar refractivity (Wildman–Crippen MR) is 115 cm³/mol. The van der Waals surface area contributed by atoms with E-state index in [0.29, 0.717) is 23.1 Å². The fourth-order valence-electron chi connectivity index (χ4n) is 5.91. The second kappa shape index (κ2) is 6.99. The second-order valence-corrected chi connectivity index (χ2v) is 9.08. The molecule has 3 fully saturated rings. The highest BCUT2D eigenvalue weighted by molar-refractivity contribution is 6.23. The molecule has 6 atom stereocenters. The van der Waals surface area contributed by atoms with Crippen molar-refractivity contribution in [3.63, 3.8) is 0 Å². The molecular formula is C26H21NO5. The molecule has 0 aromatic heterocycles. The van der Waals surface area contributed by atoms with E-state index in [4.69, 9.17) is 4.74 Å². The van der Waals surface area contributed by atoms with Gasteiger partial charge in [-0.25, -0.2) is 9.69 Å². The fourth-order valence-corrected chi connectivity index (χ4v) is 5.91. The molecule has 32 heavy (non-hydrogen) atoms. The number of ether oxygens (including phenoxy) is 1. The van der Waals surface area contributed by atoms with Gasteiger partial charge in [0, 0.05) is 5.56 Å². The quantitative estimate of drug-likeness (QED) is 0.317. The highest BCUT2D eigenvalue weighted by atomic mass is 16.5. The highest BCUT2D eigenvalue weighted by Crippen LogP contribution is 2.65. The summed E-state index contributed by atoms with van der Waals surface area (Å²) in [5, 5.41) is 0. The number of ketones is 1. The number of rotatable bonds is 5. The van der Waals surface area contributed by atoms with Gasteiger partial charge in [-0.2, -0.15) is 0 Å². The van der Waals surface area contributed by atoms with E-state index in [1.807, 2.05) is 0 Å². The molecule has 4 aliphatic carbocycles. The van der Waals surface area contributed by atoms with E-state index in [-0.39, 0.29) is 53.4 Å². The Bertz CT molecular complexity index is 1150. The van der Waals surface area contributed by atoms with Crippen LogP contribution in [0.5, 0.6) is 0 Å². The van der Waals surface area contributed by atoms with E-state index in [0.717, 1.165) is 6.42 Å². The number of carbonyl (C=O) groups is 4. The molecule has 1 heterocycles. The monoisotopic (exact) mass is 427 g/mol. The minimum absolute atomic E-state index is 0.147. The Kier molecular flexibility index (Phi) is 4.18. The van der Waals surface area contributed by atoms with Crippen molar-refractivity contribution in [2.75, 3.05) is 11.5 Å². The van der Waals surface area contributed by atoms with Crippen molar-refractivity contribution in [3.05, 3.63) is 77.9 Å². The normalized spacial score (nSPS) is 31.3. The Morgan fingerprint density at radius 1 is 0.844 bits per heavy atom. The van der Waals surface area contributed by atoms with Crippen molar-refractivity contribution in [2.24, 2.45) is 35.5 Å². The number of carbonyl (C=O) groups excluding carboxylic acids is 4. The first-order chi connectivity index (χ1) is 15.5. The van der Waals surface area contributed by atoms with Crippen LogP contribution < -0.4 is 4.90 Å². The van der Waals surface area contributed by atoms with Crippen molar-refractivity contribution in [2.45, 2.75) is 6.42 Å². The van der Waals surface area contributed by atoms with Gasteiger partial charge in [-0.1, -0.05) is 48.6 Å². The van der Waals surface area contributed by atoms with Gasteiger partial charge < -0.3 is 4.74 Å². The van der Waals surface area contributed by atoms with Crippen molar-refractivity contribution in [1.29, 1.82) is 0 Å². The molecule has 0 radical (unpaired) electrons. The molecule has 6 nitrogen and oxygen atoms in total. The summed E-state index contributed by atoms with van der Waals surface area (Å²) in [6, 6.07) is 14.9. The first-order valence-corrected chi connectivity index (χ1v) is 11.0. The van der Waals surface area contributed by atoms with Gasteiger partial charge >= 0.3 is 5.97 Å².